The summed E-state index contributed by atoms with van der Waals surface area (Å²) in [4.78, 5) is 0. The molecule has 1 aliphatic rings. The molecule has 24 valence electrons. The van der Waals surface area contributed by atoms with Crippen LogP contribution in [0.25, 0.3) is 0 Å². The predicted octanol–water partition coefficient (Wildman–Crippen LogP) is 1.27. The summed E-state index contributed by atoms with van der Waals surface area (Å²) in [5.74, 6) is 0. The van der Waals surface area contributed by atoms with Gasteiger partial charge in [-0.05, 0) is 12.3 Å². The van der Waals surface area contributed by atoms with Gasteiger partial charge in [0.1, 0.15) is 0 Å². The third-order valence-corrected chi connectivity index (χ3v) is 2.99. The third kappa shape index (κ3) is 0.664. The molecule has 0 spiro atoms. The van der Waals surface area contributed by atoms with Crippen LogP contribution in [-0.4, -0.2) is 12.3 Å². The van der Waals surface area contributed by atoms with E-state index in [1.807, 2.05) is 0 Å². The lowest BCUT2D eigenvalue weighted by molar-refractivity contribution is 1.75. The Kier molecular flexibility index (Phi) is 0.705. The summed E-state index contributed by atoms with van der Waals surface area (Å²) < 4.78 is 0. The summed E-state index contributed by atoms with van der Waals surface area (Å²) in [6, 6.07) is 0. The first-order chi connectivity index (χ1) is 1.89. The van der Waals surface area contributed by atoms with Gasteiger partial charge < -0.3 is 0 Å². The largest absolute Gasteiger partial charge is 0.111 e. The molecule has 1 saturated heterocycles. The highest BCUT2D eigenvalue weighted by molar-refractivity contribution is 8.17. The fourth-order valence-electron chi connectivity index (χ4n) is 0.0577. The van der Waals surface area contributed by atoms with E-state index in [1.54, 1.807) is 0 Å². The number of hydrogen-bond acceptors (Lipinski definition) is 0. The molecule has 0 N–H and O–H groups in total. The minimum Gasteiger partial charge on any atom is -0.111 e. The van der Waals surface area contributed by atoms with Crippen LogP contribution < -0.4 is 0 Å². The highest BCUT2D eigenvalue weighted by atomic mass is 32.0. The maximum absolute atomic E-state index is 2.83. The van der Waals surface area contributed by atoms with Crippen molar-refractivity contribution in [2.75, 3.05) is 12.3 Å². The van der Waals surface area contributed by atoms with Gasteiger partial charge in [-0.15, -0.1) is 8.93 Å². The van der Waals surface area contributed by atoms with Crippen molar-refractivity contribution in [3.8, 4) is 0 Å². The Balaban J connectivity index is 2.17. The van der Waals surface area contributed by atoms with Gasteiger partial charge in [-0.25, -0.2) is 0 Å². The molecule has 0 aromatic rings. The fraction of sp³-hybridized carbons (Fsp3) is 1.00. The molecule has 4 heavy (non-hydrogen) atoms. The van der Waals surface area contributed by atoms with Crippen LogP contribution >= 0.6 is 16.5 Å². The monoisotopic (exact) mass is 92.0 g/mol. The summed E-state index contributed by atoms with van der Waals surface area (Å²) in [6.07, 6.45) is 3.03. The highest BCUT2D eigenvalue weighted by Crippen LogP contribution is 2.57. The molecule has 1 atom stereocenters. The second-order valence-corrected chi connectivity index (χ2v) is 5.30. The molecular weight excluding hydrogens is 86.0 g/mol. The lowest BCUT2D eigenvalue weighted by Gasteiger charge is -1.56. The SMILES string of the molecule is PP1CC1. The minimum atomic E-state index is 0.546. The third-order valence-electron chi connectivity index (χ3n) is 0.482. The van der Waals surface area contributed by atoms with Gasteiger partial charge in [0.15, 0.2) is 0 Å². The molecule has 0 nitrogen and oxygen atoms in total. The molecule has 0 aromatic carbocycles. The van der Waals surface area contributed by atoms with Crippen molar-refractivity contribution >= 4 is 16.5 Å². The smallest absolute Gasteiger partial charge is 0.0249 e. The van der Waals surface area contributed by atoms with Gasteiger partial charge in [0.05, 0.1) is 0 Å². The molecule has 1 unspecified atom stereocenters. The molecule has 0 aliphatic carbocycles. The molecular formula is C2H6P2. The molecule has 0 radical (unpaired) electrons. The quantitative estimate of drug-likeness (QED) is 0.395. The van der Waals surface area contributed by atoms with E-state index in [9.17, 15) is 0 Å². The second-order valence-electron chi connectivity index (χ2n) is 1.04. The van der Waals surface area contributed by atoms with Crippen molar-refractivity contribution in [2.24, 2.45) is 0 Å². The average Bonchev–Trinajstić information content (AvgIpc) is 1.75. The first kappa shape index (κ1) is 3.07. The zero-order chi connectivity index (χ0) is 2.99. The van der Waals surface area contributed by atoms with Crippen molar-refractivity contribution in [2.45, 2.75) is 0 Å². The van der Waals surface area contributed by atoms with Gasteiger partial charge >= 0.3 is 0 Å². The first-order valence-electron chi connectivity index (χ1n) is 1.39. The maximum Gasteiger partial charge on any atom is -0.0249 e. The molecule has 0 bridgehead atoms. The number of hydrogen-bond donors (Lipinski definition) is 0. The van der Waals surface area contributed by atoms with Gasteiger partial charge in [0.25, 0.3) is 0 Å². The summed E-state index contributed by atoms with van der Waals surface area (Å²) in [6.45, 7) is 0. The van der Waals surface area contributed by atoms with Crippen LogP contribution in [0.3, 0.4) is 0 Å². The van der Waals surface area contributed by atoms with Crippen LogP contribution in [-0.2, 0) is 0 Å². The van der Waals surface area contributed by atoms with E-state index in [-0.39, 0.29) is 0 Å². The topological polar surface area (TPSA) is 0 Å². The molecule has 0 saturated carbocycles. The Morgan fingerprint density at radius 2 is 1.75 bits per heavy atom. The van der Waals surface area contributed by atoms with Crippen LogP contribution in [0.5, 0.6) is 0 Å². The standard InChI is InChI=1S/C2H6P2/c3-4-1-2-4/h1-3H2. The van der Waals surface area contributed by atoms with E-state index in [1.165, 1.54) is 12.3 Å². The van der Waals surface area contributed by atoms with E-state index < -0.39 is 0 Å². The fourth-order valence-corrected chi connectivity index (χ4v) is 1.56. The Labute approximate surface area is 29.8 Å². The Morgan fingerprint density at radius 3 is 1.75 bits per heavy atom. The van der Waals surface area contributed by atoms with Crippen molar-refractivity contribution in [3.63, 3.8) is 0 Å². The lowest BCUT2D eigenvalue weighted by Crippen LogP contribution is -1.20. The van der Waals surface area contributed by atoms with Gasteiger partial charge in [0.2, 0.25) is 0 Å². The number of rotatable bonds is 0. The van der Waals surface area contributed by atoms with Gasteiger partial charge in [-0.1, -0.05) is 7.61 Å². The van der Waals surface area contributed by atoms with Crippen LogP contribution in [0.15, 0.2) is 0 Å². The highest BCUT2D eigenvalue weighted by Gasteiger charge is 2.12. The second kappa shape index (κ2) is 0.919. The van der Waals surface area contributed by atoms with Crippen molar-refractivity contribution in [1.29, 1.82) is 0 Å². The summed E-state index contributed by atoms with van der Waals surface area (Å²) in [5.41, 5.74) is 0. The first-order valence-corrected chi connectivity index (χ1v) is 4.72. The predicted molar refractivity (Wildman–Crippen MR) is 26.4 cm³/mol. The Hall–Kier alpha value is 0.860. The van der Waals surface area contributed by atoms with Crippen LogP contribution in [0.2, 0.25) is 0 Å². The molecule has 1 heterocycles. The maximum atomic E-state index is 2.83. The van der Waals surface area contributed by atoms with Crippen LogP contribution in [0, 0.1) is 0 Å². The minimum absolute atomic E-state index is 0.546. The van der Waals surface area contributed by atoms with Crippen LogP contribution in [0.1, 0.15) is 0 Å². The summed E-state index contributed by atoms with van der Waals surface area (Å²) in [7, 11) is 3.38. The Bertz CT molecular complexity index is 23.2. The van der Waals surface area contributed by atoms with Crippen LogP contribution in [0.4, 0.5) is 0 Å². The van der Waals surface area contributed by atoms with E-state index in [4.69, 9.17) is 0 Å². The molecule has 2 heteroatoms. The van der Waals surface area contributed by atoms with E-state index in [0.29, 0.717) is 7.61 Å². The van der Waals surface area contributed by atoms with Gasteiger partial charge in [0, 0.05) is 0 Å². The van der Waals surface area contributed by atoms with Crippen molar-refractivity contribution < 1.29 is 0 Å². The molecule has 1 rings (SSSR count). The summed E-state index contributed by atoms with van der Waals surface area (Å²) >= 11 is 0. The van der Waals surface area contributed by atoms with Gasteiger partial charge in [-0.2, -0.15) is 0 Å². The van der Waals surface area contributed by atoms with E-state index in [0.717, 1.165) is 0 Å². The molecule has 1 aliphatic heterocycles. The average molecular weight is 92.0 g/mol. The Morgan fingerprint density at radius 1 is 1.50 bits per heavy atom. The lowest BCUT2D eigenvalue weighted by atomic mass is 11.0. The van der Waals surface area contributed by atoms with E-state index >= 15 is 0 Å². The molecule has 0 amide bonds. The van der Waals surface area contributed by atoms with Gasteiger partial charge in [-0.3, -0.25) is 0 Å². The zero-order valence-corrected chi connectivity index (χ0v) is 4.49. The van der Waals surface area contributed by atoms with Crippen molar-refractivity contribution in [1.82, 2.24) is 0 Å². The van der Waals surface area contributed by atoms with E-state index in [2.05, 4.69) is 8.93 Å². The molecule has 0 aromatic heterocycles. The molecule has 1 fully saturated rings. The van der Waals surface area contributed by atoms with Crippen molar-refractivity contribution in [3.05, 3.63) is 0 Å². The zero-order valence-electron chi connectivity index (χ0n) is 2.44. The normalized spacial score (nSPS) is 26.2. The summed E-state index contributed by atoms with van der Waals surface area (Å²) in [5, 5.41) is 0.